The molecule has 0 aromatic heterocycles. The van der Waals surface area contributed by atoms with E-state index < -0.39 is 0 Å². The van der Waals surface area contributed by atoms with Gasteiger partial charge in [-0.2, -0.15) is 0 Å². The summed E-state index contributed by atoms with van der Waals surface area (Å²) < 4.78 is 2.46. The summed E-state index contributed by atoms with van der Waals surface area (Å²) in [6, 6.07) is 0. The lowest BCUT2D eigenvalue weighted by molar-refractivity contribution is 0.165. The highest BCUT2D eigenvalue weighted by Gasteiger charge is 2.31. The molecule has 0 aliphatic rings. The molecule has 0 N–H and O–H groups in total. The van der Waals surface area contributed by atoms with Crippen molar-refractivity contribution in [3.8, 4) is 0 Å². The standard InChI is InChI=1S/C12H26IN/c1-7-9-14(13)12(5,6)10-11(3,4)8-2/h7-10H2,1-6H3. The zero-order valence-corrected chi connectivity index (χ0v) is 12.8. The third-order valence-electron chi connectivity index (χ3n) is 2.95. The maximum atomic E-state index is 2.47. The van der Waals surface area contributed by atoms with Crippen LogP contribution in [0.15, 0.2) is 0 Å². The second-order valence-corrected chi connectivity index (χ2v) is 6.76. The van der Waals surface area contributed by atoms with Crippen molar-refractivity contribution in [2.24, 2.45) is 5.41 Å². The Morgan fingerprint density at radius 2 is 1.57 bits per heavy atom. The molecule has 0 aliphatic heterocycles. The first-order valence-corrected chi connectivity index (χ1v) is 6.65. The first kappa shape index (κ1) is 14.7. The van der Waals surface area contributed by atoms with E-state index in [2.05, 4.69) is 67.5 Å². The van der Waals surface area contributed by atoms with Gasteiger partial charge in [0.15, 0.2) is 0 Å². The number of nitrogens with zero attached hydrogens (tertiary/aromatic N) is 1. The normalized spacial score (nSPS) is 13.7. The van der Waals surface area contributed by atoms with Crippen molar-refractivity contribution in [3.63, 3.8) is 0 Å². The van der Waals surface area contributed by atoms with Gasteiger partial charge in [-0.1, -0.05) is 34.1 Å². The van der Waals surface area contributed by atoms with E-state index in [0.29, 0.717) is 11.0 Å². The molecule has 0 aromatic carbocycles. The van der Waals surface area contributed by atoms with Gasteiger partial charge in [0.2, 0.25) is 0 Å². The molecule has 0 aliphatic carbocycles. The van der Waals surface area contributed by atoms with Gasteiger partial charge < -0.3 is 0 Å². The maximum absolute atomic E-state index is 2.47. The van der Waals surface area contributed by atoms with Gasteiger partial charge in [0, 0.05) is 34.9 Å². The highest BCUT2D eigenvalue weighted by Crippen LogP contribution is 2.35. The molecule has 0 heterocycles. The monoisotopic (exact) mass is 311 g/mol. The first-order valence-electron chi connectivity index (χ1n) is 5.68. The molecule has 0 unspecified atom stereocenters. The lowest BCUT2D eigenvalue weighted by Crippen LogP contribution is -2.41. The Bertz CT molecular complexity index is 164. The van der Waals surface area contributed by atoms with Crippen LogP contribution in [0.5, 0.6) is 0 Å². The molecule has 86 valence electrons. The summed E-state index contributed by atoms with van der Waals surface area (Å²) in [6.07, 6.45) is 3.76. The summed E-state index contributed by atoms with van der Waals surface area (Å²) in [4.78, 5) is 0. The second kappa shape index (κ2) is 5.69. The molecule has 2 heteroatoms. The van der Waals surface area contributed by atoms with Gasteiger partial charge >= 0.3 is 0 Å². The Hall–Kier alpha value is 0.690. The highest BCUT2D eigenvalue weighted by atomic mass is 127. The van der Waals surface area contributed by atoms with Crippen LogP contribution in [-0.4, -0.2) is 15.2 Å². The quantitative estimate of drug-likeness (QED) is 0.510. The van der Waals surface area contributed by atoms with Crippen LogP contribution >= 0.6 is 22.9 Å². The van der Waals surface area contributed by atoms with Gasteiger partial charge in [-0.3, -0.25) is 0 Å². The fourth-order valence-electron chi connectivity index (χ4n) is 1.88. The van der Waals surface area contributed by atoms with E-state index in [4.69, 9.17) is 0 Å². The van der Waals surface area contributed by atoms with Crippen molar-refractivity contribution in [1.82, 2.24) is 3.11 Å². The fraction of sp³-hybridized carbons (Fsp3) is 1.00. The van der Waals surface area contributed by atoms with Crippen LogP contribution in [0.4, 0.5) is 0 Å². The first-order chi connectivity index (χ1) is 6.25. The summed E-state index contributed by atoms with van der Waals surface area (Å²) in [6.45, 7) is 15.2. The molecular weight excluding hydrogens is 285 g/mol. The Morgan fingerprint density at radius 1 is 1.07 bits per heavy atom. The molecule has 0 amide bonds. The van der Waals surface area contributed by atoms with Crippen LogP contribution in [0.2, 0.25) is 0 Å². The van der Waals surface area contributed by atoms with Crippen LogP contribution in [0.3, 0.4) is 0 Å². The largest absolute Gasteiger partial charge is 0.242 e. The zero-order chi connectivity index (χ0) is 11.4. The van der Waals surface area contributed by atoms with E-state index in [1.165, 1.54) is 25.8 Å². The zero-order valence-electron chi connectivity index (χ0n) is 10.7. The molecule has 0 aromatic rings. The third kappa shape index (κ3) is 4.96. The van der Waals surface area contributed by atoms with Gasteiger partial charge in [0.25, 0.3) is 0 Å². The van der Waals surface area contributed by atoms with E-state index in [0.717, 1.165) is 0 Å². The minimum Gasteiger partial charge on any atom is -0.242 e. The summed E-state index contributed by atoms with van der Waals surface area (Å²) in [5, 5.41) is 0. The molecule has 0 radical (unpaired) electrons. The smallest absolute Gasteiger partial charge is 0.0253 e. The van der Waals surface area contributed by atoms with Gasteiger partial charge in [0.05, 0.1) is 0 Å². The minimum absolute atomic E-state index is 0.316. The average Bonchev–Trinajstić information content (AvgIpc) is 2.03. The van der Waals surface area contributed by atoms with E-state index in [9.17, 15) is 0 Å². The number of hydrogen-bond donors (Lipinski definition) is 0. The second-order valence-electron chi connectivity index (χ2n) is 5.59. The summed E-state index contributed by atoms with van der Waals surface area (Å²) in [7, 11) is 0. The van der Waals surface area contributed by atoms with Gasteiger partial charge in [-0.15, -0.1) is 0 Å². The molecule has 0 fully saturated rings. The molecule has 0 spiro atoms. The van der Waals surface area contributed by atoms with Crippen LogP contribution in [0.25, 0.3) is 0 Å². The predicted molar refractivity (Wildman–Crippen MR) is 73.8 cm³/mol. The van der Waals surface area contributed by atoms with E-state index >= 15 is 0 Å². The van der Waals surface area contributed by atoms with Crippen LogP contribution < -0.4 is 0 Å². The fourth-order valence-corrected chi connectivity index (χ4v) is 2.53. The SMILES string of the molecule is CCCN(I)C(C)(C)CC(C)(C)CC. The lowest BCUT2D eigenvalue weighted by Gasteiger charge is -2.39. The van der Waals surface area contributed by atoms with Gasteiger partial charge in [0.1, 0.15) is 0 Å². The molecular formula is C12H26IN. The summed E-state index contributed by atoms with van der Waals surface area (Å²) in [5.41, 5.74) is 0.775. The molecule has 1 nitrogen and oxygen atoms in total. The number of rotatable bonds is 6. The maximum Gasteiger partial charge on any atom is 0.0253 e. The lowest BCUT2D eigenvalue weighted by atomic mass is 9.78. The summed E-state index contributed by atoms with van der Waals surface area (Å²) >= 11 is 2.47. The number of halogens is 1. The van der Waals surface area contributed by atoms with E-state index in [1.807, 2.05) is 0 Å². The van der Waals surface area contributed by atoms with Crippen molar-refractivity contribution in [1.29, 1.82) is 0 Å². The Kier molecular flexibility index (Phi) is 5.97. The van der Waals surface area contributed by atoms with E-state index in [1.54, 1.807) is 0 Å². The molecule has 0 rings (SSSR count). The van der Waals surface area contributed by atoms with Gasteiger partial charge in [-0.05, 0) is 32.1 Å². The van der Waals surface area contributed by atoms with Crippen molar-refractivity contribution >= 4 is 22.9 Å². The number of hydrogen-bond acceptors (Lipinski definition) is 1. The minimum atomic E-state index is 0.316. The average molecular weight is 311 g/mol. The Morgan fingerprint density at radius 3 is 1.93 bits per heavy atom. The van der Waals surface area contributed by atoms with Crippen LogP contribution in [0.1, 0.15) is 60.8 Å². The van der Waals surface area contributed by atoms with Gasteiger partial charge in [-0.25, -0.2) is 3.11 Å². The Balaban J connectivity index is 4.31. The van der Waals surface area contributed by atoms with Crippen molar-refractivity contribution in [2.45, 2.75) is 66.3 Å². The molecule has 0 saturated heterocycles. The highest BCUT2D eigenvalue weighted by molar-refractivity contribution is 14.1. The molecule has 0 atom stereocenters. The molecule has 14 heavy (non-hydrogen) atoms. The van der Waals surface area contributed by atoms with Crippen LogP contribution in [0, 0.1) is 5.41 Å². The molecule has 0 saturated carbocycles. The van der Waals surface area contributed by atoms with Crippen molar-refractivity contribution in [2.75, 3.05) is 6.54 Å². The summed E-state index contributed by atoms with van der Waals surface area (Å²) in [5.74, 6) is 0. The third-order valence-corrected chi connectivity index (χ3v) is 4.73. The van der Waals surface area contributed by atoms with Crippen molar-refractivity contribution in [3.05, 3.63) is 0 Å². The van der Waals surface area contributed by atoms with Crippen LogP contribution in [-0.2, 0) is 0 Å². The topological polar surface area (TPSA) is 3.24 Å². The van der Waals surface area contributed by atoms with E-state index in [-0.39, 0.29) is 0 Å². The predicted octanol–water partition coefficient (Wildman–Crippen LogP) is 4.65. The Labute approximate surface area is 104 Å². The van der Waals surface area contributed by atoms with Crippen molar-refractivity contribution < 1.29 is 0 Å². The molecule has 0 bridgehead atoms.